The molecular formula is C24H20O4S. The molecule has 5 heteroatoms. The van der Waals surface area contributed by atoms with E-state index >= 15 is 0 Å². The summed E-state index contributed by atoms with van der Waals surface area (Å²) in [5, 5.41) is 0. The van der Waals surface area contributed by atoms with Crippen LogP contribution in [0.5, 0.6) is 0 Å². The van der Waals surface area contributed by atoms with Crippen LogP contribution in [0.15, 0.2) is 72.8 Å². The van der Waals surface area contributed by atoms with Crippen LogP contribution in [-0.4, -0.2) is 26.6 Å². The van der Waals surface area contributed by atoms with Crippen molar-refractivity contribution in [3.8, 4) is 0 Å². The molecule has 3 aliphatic rings. The summed E-state index contributed by atoms with van der Waals surface area (Å²) in [6.45, 7) is 1.65. The molecule has 146 valence electrons. The van der Waals surface area contributed by atoms with Gasteiger partial charge in [-0.15, -0.1) is 0 Å². The van der Waals surface area contributed by atoms with Crippen molar-refractivity contribution in [2.45, 2.75) is 24.4 Å². The van der Waals surface area contributed by atoms with Crippen LogP contribution in [0.3, 0.4) is 0 Å². The molecule has 0 aromatic heterocycles. The fraction of sp³-hybridized carbons (Fsp3) is 0.208. The predicted molar refractivity (Wildman–Crippen MR) is 111 cm³/mol. The summed E-state index contributed by atoms with van der Waals surface area (Å²) in [6, 6.07) is 24.1. The van der Waals surface area contributed by atoms with Crippen LogP contribution >= 0.6 is 0 Å². The Hall–Kier alpha value is -2.76. The van der Waals surface area contributed by atoms with E-state index in [-0.39, 0.29) is 11.7 Å². The van der Waals surface area contributed by atoms with Crippen molar-refractivity contribution in [3.63, 3.8) is 0 Å². The molecule has 0 fully saturated rings. The number of hydrogen-bond acceptors (Lipinski definition) is 3. The number of carbonyl (C=O) groups is 1. The lowest BCUT2D eigenvalue weighted by Crippen LogP contribution is -2.49. The fourth-order valence-corrected chi connectivity index (χ4v) is 5.51. The smallest absolute Gasteiger partial charge is 0.325 e. The van der Waals surface area contributed by atoms with Crippen molar-refractivity contribution in [2.24, 2.45) is 0 Å². The normalized spacial score (nSPS) is 22.8. The Labute approximate surface area is 171 Å². The molecule has 0 aliphatic heterocycles. The van der Waals surface area contributed by atoms with Crippen molar-refractivity contribution in [1.29, 1.82) is 0 Å². The lowest BCUT2D eigenvalue weighted by Gasteiger charge is -2.49. The van der Waals surface area contributed by atoms with Crippen molar-refractivity contribution < 1.29 is 18.3 Å². The molecule has 0 heterocycles. The van der Waals surface area contributed by atoms with Crippen molar-refractivity contribution in [1.82, 2.24) is 0 Å². The van der Waals surface area contributed by atoms with E-state index in [1.165, 1.54) is 0 Å². The van der Waals surface area contributed by atoms with Gasteiger partial charge in [-0.2, -0.15) is 0 Å². The van der Waals surface area contributed by atoms with E-state index in [1.54, 1.807) is 6.92 Å². The maximum atomic E-state index is 13.9. The van der Waals surface area contributed by atoms with E-state index in [4.69, 9.17) is 4.74 Å². The summed E-state index contributed by atoms with van der Waals surface area (Å²) in [5.41, 5.74) is 5.06. The molecule has 0 spiro atoms. The SMILES string of the molecule is CC(CS(=O)O)OC(=O)C12c3ccccc3C(c3ccccc31)c1ccccc12. The number of benzene rings is 3. The molecule has 0 saturated carbocycles. The minimum atomic E-state index is -2.04. The van der Waals surface area contributed by atoms with Gasteiger partial charge >= 0.3 is 5.97 Å². The maximum absolute atomic E-state index is 13.9. The van der Waals surface area contributed by atoms with Crippen LogP contribution < -0.4 is 0 Å². The lowest BCUT2D eigenvalue weighted by molar-refractivity contribution is -0.151. The summed E-state index contributed by atoms with van der Waals surface area (Å²) in [4.78, 5) is 13.9. The number of rotatable bonds is 4. The van der Waals surface area contributed by atoms with Gasteiger partial charge in [0.15, 0.2) is 11.1 Å². The molecular weight excluding hydrogens is 384 g/mol. The van der Waals surface area contributed by atoms with E-state index in [2.05, 4.69) is 18.2 Å². The molecule has 2 atom stereocenters. The molecule has 29 heavy (non-hydrogen) atoms. The van der Waals surface area contributed by atoms with Crippen LogP contribution in [0.4, 0.5) is 0 Å². The first-order valence-corrected chi connectivity index (χ1v) is 10.9. The summed E-state index contributed by atoms with van der Waals surface area (Å²) in [7, 11) is 0. The molecule has 0 saturated heterocycles. The Balaban J connectivity index is 1.79. The summed E-state index contributed by atoms with van der Waals surface area (Å²) >= 11 is -2.04. The van der Waals surface area contributed by atoms with Gasteiger partial charge in [0, 0.05) is 5.92 Å². The largest absolute Gasteiger partial charge is 0.460 e. The lowest BCUT2D eigenvalue weighted by atomic mass is 9.53. The topological polar surface area (TPSA) is 63.6 Å². The predicted octanol–water partition coefficient (Wildman–Crippen LogP) is 3.98. The second-order valence-electron chi connectivity index (χ2n) is 7.65. The van der Waals surface area contributed by atoms with Gasteiger partial charge in [0.1, 0.15) is 11.5 Å². The van der Waals surface area contributed by atoms with Crippen LogP contribution in [0.1, 0.15) is 46.2 Å². The molecule has 6 rings (SSSR count). The number of ether oxygens (including phenoxy) is 1. The molecule has 3 aromatic carbocycles. The highest BCUT2D eigenvalue weighted by molar-refractivity contribution is 7.79. The first-order valence-electron chi connectivity index (χ1n) is 9.62. The van der Waals surface area contributed by atoms with Crippen molar-refractivity contribution in [2.75, 3.05) is 5.75 Å². The monoisotopic (exact) mass is 404 g/mol. The van der Waals surface area contributed by atoms with E-state index < -0.39 is 28.6 Å². The Morgan fingerprint density at radius 2 is 1.34 bits per heavy atom. The van der Waals surface area contributed by atoms with Crippen LogP contribution in [-0.2, 0) is 26.0 Å². The van der Waals surface area contributed by atoms with Gasteiger partial charge in [-0.25, -0.2) is 4.21 Å². The summed E-state index contributed by atoms with van der Waals surface area (Å²) in [6.07, 6.45) is -0.672. The zero-order valence-corrected chi connectivity index (χ0v) is 16.7. The zero-order valence-electron chi connectivity index (χ0n) is 15.9. The van der Waals surface area contributed by atoms with Crippen LogP contribution in [0, 0.1) is 0 Å². The highest BCUT2D eigenvalue weighted by Crippen LogP contribution is 2.59. The molecule has 3 aliphatic carbocycles. The minimum absolute atomic E-state index is 0.0793. The minimum Gasteiger partial charge on any atom is -0.460 e. The standard InChI is InChI=1S/C24H20O4S/c1-15(14-29(26)27)28-23(25)24-19-11-5-2-8-16(19)22(17-9-3-6-12-20(17)24)18-10-4-7-13-21(18)24/h2-13,15,22H,14H2,1H3,(H,26,27). The average molecular weight is 404 g/mol. The second-order valence-corrected chi connectivity index (χ2v) is 8.63. The Morgan fingerprint density at radius 3 is 1.76 bits per heavy atom. The fourth-order valence-electron chi connectivity index (χ4n) is 5.04. The molecule has 4 nitrogen and oxygen atoms in total. The summed E-state index contributed by atoms with van der Waals surface area (Å²) in [5.74, 6) is -0.438. The Kier molecular flexibility index (Phi) is 4.19. The molecule has 0 amide bonds. The van der Waals surface area contributed by atoms with Gasteiger partial charge in [0.05, 0.1) is 5.75 Å². The highest BCUT2D eigenvalue weighted by atomic mass is 32.2. The van der Waals surface area contributed by atoms with Crippen LogP contribution in [0.25, 0.3) is 0 Å². The van der Waals surface area contributed by atoms with Crippen LogP contribution in [0.2, 0.25) is 0 Å². The molecule has 2 bridgehead atoms. The van der Waals surface area contributed by atoms with Crippen molar-refractivity contribution >= 4 is 17.0 Å². The Bertz CT molecular complexity index is 1040. The van der Waals surface area contributed by atoms with E-state index in [1.807, 2.05) is 54.6 Å². The zero-order chi connectivity index (χ0) is 20.2. The van der Waals surface area contributed by atoms with Gasteiger partial charge in [-0.3, -0.25) is 4.79 Å². The number of esters is 1. The van der Waals surface area contributed by atoms with Gasteiger partial charge < -0.3 is 9.29 Å². The third kappa shape index (κ3) is 2.47. The van der Waals surface area contributed by atoms with Gasteiger partial charge in [-0.1, -0.05) is 72.8 Å². The third-order valence-electron chi connectivity index (χ3n) is 6.02. The van der Waals surface area contributed by atoms with Gasteiger partial charge in [0.25, 0.3) is 0 Å². The second kappa shape index (κ2) is 6.65. The molecule has 1 N–H and O–H groups in total. The maximum Gasteiger partial charge on any atom is 0.325 e. The first-order chi connectivity index (χ1) is 14.0. The van der Waals surface area contributed by atoms with Gasteiger partial charge in [0.2, 0.25) is 0 Å². The first kappa shape index (κ1) is 18.3. The molecule has 0 radical (unpaired) electrons. The number of hydrogen-bond donors (Lipinski definition) is 1. The molecule has 3 aromatic rings. The number of carbonyl (C=O) groups excluding carboxylic acids is 1. The average Bonchev–Trinajstić information content (AvgIpc) is 2.72. The third-order valence-corrected chi connectivity index (χ3v) is 6.77. The van der Waals surface area contributed by atoms with E-state index in [0.717, 1.165) is 33.4 Å². The van der Waals surface area contributed by atoms with Crippen molar-refractivity contribution in [3.05, 3.63) is 106 Å². The molecule has 2 unspecified atom stereocenters. The highest BCUT2D eigenvalue weighted by Gasteiger charge is 2.57. The van der Waals surface area contributed by atoms with E-state index in [0.29, 0.717) is 0 Å². The Morgan fingerprint density at radius 1 is 0.931 bits per heavy atom. The van der Waals surface area contributed by atoms with Gasteiger partial charge in [-0.05, 0) is 40.3 Å². The quantitative estimate of drug-likeness (QED) is 0.528. The van der Waals surface area contributed by atoms with E-state index in [9.17, 15) is 13.6 Å². The summed E-state index contributed by atoms with van der Waals surface area (Å²) < 4.78 is 26.3.